The molecule has 2 rings (SSSR count). The highest BCUT2D eigenvalue weighted by Gasteiger charge is 2.09. The summed E-state index contributed by atoms with van der Waals surface area (Å²) in [7, 11) is 4.76. The van der Waals surface area contributed by atoms with E-state index >= 15 is 0 Å². The van der Waals surface area contributed by atoms with Crippen LogP contribution in [0.15, 0.2) is 30.3 Å². The summed E-state index contributed by atoms with van der Waals surface area (Å²) >= 11 is 6.09. The Morgan fingerprint density at radius 2 is 1.70 bits per heavy atom. The van der Waals surface area contributed by atoms with Crippen LogP contribution in [0.2, 0.25) is 5.02 Å². The number of carbonyl (C=O) groups excluding carboxylic acids is 1. The number of hydrogen-bond acceptors (Lipinski definition) is 5. The van der Waals surface area contributed by atoms with E-state index in [-0.39, 0.29) is 12.5 Å². The molecule has 0 aliphatic rings. The lowest BCUT2D eigenvalue weighted by atomic mass is 10.1. The van der Waals surface area contributed by atoms with Crippen LogP contribution in [0.5, 0.6) is 17.2 Å². The molecule has 0 saturated heterocycles. The van der Waals surface area contributed by atoms with Gasteiger partial charge in [-0.3, -0.25) is 4.79 Å². The zero-order valence-electron chi connectivity index (χ0n) is 16.0. The van der Waals surface area contributed by atoms with Crippen molar-refractivity contribution in [1.82, 2.24) is 5.32 Å². The van der Waals surface area contributed by atoms with Crippen molar-refractivity contribution < 1.29 is 19.0 Å². The van der Waals surface area contributed by atoms with E-state index in [0.717, 1.165) is 16.8 Å². The summed E-state index contributed by atoms with van der Waals surface area (Å²) in [6.45, 7) is 2.56. The first-order chi connectivity index (χ1) is 13.0. The molecule has 146 valence electrons. The summed E-state index contributed by atoms with van der Waals surface area (Å²) in [4.78, 5) is 12.1. The molecule has 2 aromatic carbocycles. The second kappa shape index (κ2) is 9.92. The number of benzene rings is 2. The molecule has 0 aromatic heterocycles. The first kappa shape index (κ1) is 20.7. The first-order valence-electron chi connectivity index (χ1n) is 8.54. The summed E-state index contributed by atoms with van der Waals surface area (Å²) < 4.78 is 15.8. The molecule has 2 N–H and O–H groups in total. The Morgan fingerprint density at radius 1 is 1.00 bits per heavy atom. The number of aryl methyl sites for hydroxylation is 1. The third-order valence-electron chi connectivity index (χ3n) is 4.10. The fourth-order valence-corrected chi connectivity index (χ4v) is 2.74. The Hall–Kier alpha value is -2.60. The van der Waals surface area contributed by atoms with Crippen LogP contribution in [-0.2, 0) is 11.2 Å². The summed E-state index contributed by atoms with van der Waals surface area (Å²) in [6.07, 6.45) is 0.690. The molecule has 0 aliphatic carbocycles. The predicted octanol–water partition coefficient (Wildman–Crippen LogP) is 3.45. The minimum absolute atomic E-state index is 0.106. The summed E-state index contributed by atoms with van der Waals surface area (Å²) in [5, 5.41) is 6.59. The van der Waals surface area contributed by atoms with E-state index in [9.17, 15) is 4.79 Å². The van der Waals surface area contributed by atoms with Crippen LogP contribution in [0.3, 0.4) is 0 Å². The van der Waals surface area contributed by atoms with Gasteiger partial charge in [0.15, 0.2) is 11.5 Å². The molecule has 0 fully saturated rings. The number of ether oxygens (including phenoxy) is 3. The number of amides is 1. The predicted molar refractivity (Wildman–Crippen MR) is 107 cm³/mol. The quantitative estimate of drug-likeness (QED) is 0.684. The molecule has 27 heavy (non-hydrogen) atoms. The lowest BCUT2D eigenvalue weighted by Crippen LogP contribution is -2.31. The van der Waals surface area contributed by atoms with Gasteiger partial charge >= 0.3 is 0 Å². The SMILES string of the molecule is COc1cc(Cl)c(C)cc1NCC(=O)NCCc1ccc(OC)c(OC)c1. The Kier molecular flexibility index (Phi) is 7.61. The van der Waals surface area contributed by atoms with Crippen LogP contribution >= 0.6 is 11.6 Å². The zero-order chi connectivity index (χ0) is 19.8. The topological polar surface area (TPSA) is 68.8 Å². The van der Waals surface area contributed by atoms with Crippen molar-refractivity contribution in [3.05, 3.63) is 46.5 Å². The zero-order valence-corrected chi connectivity index (χ0v) is 16.8. The van der Waals surface area contributed by atoms with E-state index < -0.39 is 0 Å². The lowest BCUT2D eigenvalue weighted by molar-refractivity contribution is -0.119. The maximum Gasteiger partial charge on any atom is 0.239 e. The Balaban J connectivity index is 1.84. The number of halogens is 1. The van der Waals surface area contributed by atoms with Gasteiger partial charge in [-0.2, -0.15) is 0 Å². The van der Waals surface area contributed by atoms with Gasteiger partial charge in [0.25, 0.3) is 0 Å². The van der Waals surface area contributed by atoms with Gasteiger partial charge in [-0.1, -0.05) is 17.7 Å². The fraction of sp³-hybridized carbons (Fsp3) is 0.350. The number of hydrogen-bond donors (Lipinski definition) is 2. The molecule has 0 bridgehead atoms. The lowest BCUT2D eigenvalue weighted by Gasteiger charge is -2.13. The average molecular weight is 393 g/mol. The third kappa shape index (κ3) is 5.69. The van der Waals surface area contributed by atoms with Gasteiger partial charge in [0, 0.05) is 17.6 Å². The van der Waals surface area contributed by atoms with E-state index in [1.54, 1.807) is 27.4 Å². The van der Waals surface area contributed by atoms with Gasteiger partial charge in [-0.25, -0.2) is 0 Å². The molecule has 0 heterocycles. The van der Waals surface area contributed by atoms with Crippen LogP contribution < -0.4 is 24.8 Å². The molecular weight excluding hydrogens is 368 g/mol. The molecule has 0 radical (unpaired) electrons. The van der Waals surface area contributed by atoms with Crippen LogP contribution in [0.25, 0.3) is 0 Å². The Morgan fingerprint density at radius 3 is 2.37 bits per heavy atom. The third-order valence-corrected chi connectivity index (χ3v) is 4.51. The number of carbonyl (C=O) groups is 1. The monoisotopic (exact) mass is 392 g/mol. The number of anilines is 1. The largest absolute Gasteiger partial charge is 0.495 e. The van der Waals surface area contributed by atoms with Gasteiger partial charge in [0.1, 0.15) is 5.75 Å². The van der Waals surface area contributed by atoms with E-state index in [2.05, 4.69) is 10.6 Å². The Labute approximate surface area is 164 Å². The molecule has 7 heteroatoms. The van der Waals surface area contributed by atoms with E-state index in [1.807, 2.05) is 31.2 Å². The highest BCUT2D eigenvalue weighted by Crippen LogP contribution is 2.30. The van der Waals surface area contributed by atoms with Crippen molar-refractivity contribution in [2.75, 3.05) is 39.7 Å². The molecule has 0 saturated carbocycles. The molecule has 0 aliphatic heterocycles. The summed E-state index contributed by atoms with van der Waals surface area (Å²) in [6, 6.07) is 9.30. The molecule has 0 unspecified atom stereocenters. The highest BCUT2D eigenvalue weighted by molar-refractivity contribution is 6.31. The first-order valence-corrected chi connectivity index (χ1v) is 8.92. The second-order valence-corrected chi connectivity index (χ2v) is 6.35. The van der Waals surface area contributed by atoms with Crippen molar-refractivity contribution in [2.45, 2.75) is 13.3 Å². The van der Waals surface area contributed by atoms with Crippen molar-refractivity contribution in [3.63, 3.8) is 0 Å². The normalized spacial score (nSPS) is 10.3. The Bertz CT molecular complexity index is 796. The minimum Gasteiger partial charge on any atom is -0.495 e. The van der Waals surface area contributed by atoms with Crippen LogP contribution in [-0.4, -0.2) is 40.3 Å². The molecule has 1 amide bonds. The van der Waals surface area contributed by atoms with Crippen LogP contribution in [0.4, 0.5) is 5.69 Å². The minimum atomic E-state index is -0.106. The van der Waals surface area contributed by atoms with E-state index in [1.165, 1.54) is 0 Å². The maximum atomic E-state index is 12.1. The van der Waals surface area contributed by atoms with Crippen LogP contribution in [0, 0.1) is 6.92 Å². The highest BCUT2D eigenvalue weighted by atomic mass is 35.5. The van der Waals surface area contributed by atoms with E-state index in [0.29, 0.717) is 35.2 Å². The van der Waals surface area contributed by atoms with Gasteiger partial charge in [0.05, 0.1) is 33.6 Å². The summed E-state index contributed by atoms with van der Waals surface area (Å²) in [5.74, 6) is 1.85. The number of nitrogens with one attached hydrogen (secondary N) is 2. The van der Waals surface area contributed by atoms with Gasteiger partial charge in [0.2, 0.25) is 5.91 Å². The van der Waals surface area contributed by atoms with Crippen molar-refractivity contribution in [2.24, 2.45) is 0 Å². The second-order valence-electron chi connectivity index (χ2n) is 5.94. The molecular formula is C20H25ClN2O4. The average Bonchev–Trinajstić information content (AvgIpc) is 2.68. The molecule has 6 nitrogen and oxygen atoms in total. The van der Waals surface area contributed by atoms with Crippen molar-refractivity contribution in [3.8, 4) is 17.2 Å². The van der Waals surface area contributed by atoms with E-state index in [4.69, 9.17) is 25.8 Å². The molecule has 0 spiro atoms. The van der Waals surface area contributed by atoms with Crippen LogP contribution in [0.1, 0.15) is 11.1 Å². The number of methoxy groups -OCH3 is 3. The summed E-state index contributed by atoms with van der Waals surface area (Å²) in [5.41, 5.74) is 2.69. The van der Waals surface area contributed by atoms with Crippen molar-refractivity contribution in [1.29, 1.82) is 0 Å². The smallest absolute Gasteiger partial charge is 0.239 e. The van der Waals surface area contributed by atoms with Crippen molar-refractivity contribution >= 4 is 23.2 Å². The van der Waals surface area contributed by atoms with Gasteiger partial charge in [-0.15, -0.1) is 0 Å². The van der Waals surface area contributed by atoms with Gasteiger partial charge in [-0.05, 0) is 42.7 Å². The van der Waals surface area contributed by atoms with Gasteiger partial charge < -0.3 is 24.8 Å². The molecule has 0 atom stereocenters. The number of rotatable bonds is 9. The standard InChI is InChI=1S/C20H25ClN2O4/c1-13-9-16(18(26-3)11-15(13)21)23-12-20(24)22-8-7-14-5-6-17(25-2)19(10-14)27-4/h5-6,9-11,23H,7-8,12H2,1-4H3,(H,22,24). The fourth-order valence-electron chi connectivity index (χ4n) is 2.59. The maximum absolute atomic E-state index is 12.1. The molecule has 2 aromatic rings.